The summed E-state index contributed by atoms with van der Waals surface area (Å²) in [6.07, 6.45) is 5.39. The van der Waals surface area contributed by atoms with Gasteiger partial charge in [-0.2, -0.15) is 0 Å². The standard InChI is InChI=1S/C12H24N2O/c1-3-9-14(2)12(15)7-6-11-5-4-8-13-10-11/h11,13H,3-10H2,1-2H3. The van der Waals surface area contributed by atoms with Crippen LogP contribution in [-0.2, 0) is 4.79 Å². The Bertz CT molecular complexity index is 188. The maximum atomic E-state index is 11.7. The minimum atomic E-state index is 0.308. The molecule has 1 atom stereocenters. The van der Waals surface area contributed by atoms with Crippen LogP contribution in [0.3, 0.4) is 0 Å². The Labute approximate surface area is 93.2 Å². The van der Waals surface area contributed by atoms with Crippen LogP contribution in [-0.4, -0.2) is 37.5 Å². The van der Waals surface area contributed by atoms with Gasteiger partial charge >= 0.3 is 0 Å². The molecule has 15 heavy (non-hydrogen) atoms. The van der Waals surface area contributed by atoms with Crippen LogP contribution in [0.25, 0.3) is 0 Å². The van der Waals surface area contributed by atoms with Gasteiger partial charge in [-0.3, -0.25) is 4.79 Å². The zero-order valence-corrected chi connectivity index (χ0v) is 10.1. The highest BCUT2D eigenvalue weighted by Gasteiger charge is 2.15. The van der Waals surface area contributed by atoms with Crippen LogP contribution >= 0.6 is 0 Å². The molecule has 1 N–H and O–H groups in total. The van der Waals surface area contributed by atoms with Crippen LogP contribution in [0.15, 0.2) is 0 Å². The lowest BCUT2D eigenvalue weighted by Gasteiger charge is -2.23. The van der Waals surface area contributed by atoms with E-state index in [1.165, 1.54) is 12.8 Å². The molecule has 0 aromatic rings. The van der Waals surface area contributed by atoms with Gasteiger partial charge in [-0.1, -0.05) is 6.92 Å². The molecule has 0 saturated carbocycles. The molecule has 3 nitrogen and oxygen atoms in total. The Morgan fingerprint density at radius 2 is 2.33 bits per heavy atom. The number of nitrogens with zero attached hydrogens (tertiary/aromatic N) is 1. The molecule has 3 heteroatoms. The third-order valence-electron chi connectivity index (χ3n) is 3.15. The van der Waals surface area contributed by atoms with Gasteiger partial charge in [0, 0.05) is 20.0 Å². The molecule has 1 aliphatic rings. The second-order valence-electron chi connectivity index (χ2n) is 4.57. The molecule has 0 radical (unpaired) electrons. The zero-order valence-electron chi connectivity index (χ0n) is 10.1. The van der Waals surface area contributed by atoms with Crippen molar-refractivity contribution in [2.24, 2.45) is 5.92 Å². The number of carbonyl (C=O) groups is 1. The second kappa shape index (κ2) is 6.83. The Balaban J connectivity index is 2.14. The van der Waals surface area contributed by atoms with E-state index in [1.54, 1.807) is 0 Å². The molecule has 1 heterocycles. The molecule has 1 fully saturated rings. The van der Waals surface area contributed by atoms with Crippen molar-refractivity contribution in [3.8, 4) is 0 Å². The molecule has 0 spiro atoms. The Hall–Kier alpha value is -0.570. The van der Waals surface area contributed by atoms with Crippen LogP contribution in [0.4, 0.5) is 0 Å². The molecular formula is C12H24N2O. The van der Waals surface area contributed by atoms with Gasteiger partial charge in [0.05, 0.1) is 0 Å². The summed E-state index contributed by atoms with van der Waals surface area (Å²) in [5.41, 5.74) is 0. The molecule has 1 saturated heterocycles. The van der Waals surface area contributed by atoms with Gasteiger partial charge in [-0.15, -0.1) is 0 Å². The van der Waals surface area contributed by atoms with Gasteiger partial charge in [0.1, 0.15) is 0 Å². The van der Waals surface area contributed by atoms with Crippen LogP contribution in [0.5, 0.6) is 0 Å². The molecule has 1 unspecified atom stereocenters. The second-order valence-corrected chi connectivity index (χ2v) is 4.57. The number of hydrogen-bond donors (Lipinski definition) is 1. The van der Waals surface area contributed by atoms with E-state index in [0.29, 0.717) is 5.91 Å². The molecule has 0 bridgehead atoms. The lowest BCUT2D eigenvalue weighted by molar-refractivity contribution is -0.130. The van der Waals surface area contributed by atoms with Crippen LogP contribution in [0.1, 0.15) is 39.0 Å². The van der Waals surface area contributed by atoms with E-state index in [9.17, 15) is 4.79 Å². The largest absolute Gasteiger partial charge is 0.346 e. The molecule has 0 aromatic heterocycles. The van der Waals surface area contributed by atoms with Crippen LogP contribution in [0, 0.1) is 5.92 Å². The molecule has 1 amide bonds. The summed E-state index contributed by atoms with van der Waals surface area (Å²) in [4.78, 5) is 13.5. The van der Waals surface area contributed by atoms with E-state index < -0.39 is 0 Å². The van der Waals surface area contributed by atoms with E-state index in [0.717, 1.165) is 44.8 Å². The smallest absolute Gasteiger partial charge is 0.222 e. The summed E-state index contributed by atoms with van der Waals surface area (Å²) >= 11 is 0. The van der Waals surface area contributed by atoms with E-state index in [4.69, 9.17) is 0 Å². The van der Waals surface area contributed by atoms with Crippen molar-refractivity contribution in [2.75, 3.05) is 26.7 Å². The van der Waals surface area contributed by atoms with Gasteiger partial charge in [0.15, 0.2) is 0 Å². The number of amides is 1. The first-order chi connectivity index (χ1) is 7.24. The topological polar surface area (TPSA) is 32.3 Å². The van der Waals surface area contributed by atoms with E-state index in [1.807, 2.05) is 11.9 Å². The van der Waals surface area contributed by atoms with Gasteiger partial charge in [-0.05, 0) is 44.7 Å². The van der Waals surface area contributed by atoms with E-state index in [-0.39, 0.29) is 0 Å². The minimum absolute atomic E-state index is 0.308. The third kappa shape index (κ3) is 4.65. The fourth-order valence-electron chi connectivity index (χ4n) is 2.15. The van der Waals surface area contributed by atoms with E-state index >= 15 is 0 Å². The Kier molecular flexibility index (Phi) is 5.69. The van der Waals surface area contributed by atoms with Gasteiger partial charge in [-0.25, -0.2) is 0 Å². The first-order valence-corrected chi connectivity index (χ1v) is 6.18. The number of hydrogen-bond acceptors (Lipinski definition) is 2. The lowest BCUT2D eigenvalue weighted by atomic mass is 9.94. The lowest BCUT2D eigenvalue weighted by Crippen LogP contribution is -2.32. The molecule has 1 aliphatic heterocycles. The molecule has 0 aliphatic carbocycles. The first-order valence-electron chi connectivity index (χ1n) is 6.18. The number of nitrogens with one attached hydrogen (secondary N) is 1. The van der Waals surface area contributed by atoms with Crippen molar-refractivity contribution < 1.29 is 4.79 Å². The van der Waals surface area contributed by atoms with E-state index in [2.05, 4.69) is 12.2 Å². The Morgan fingerprint density at radius 3 is 2.93 bits per heavy atom. The fourth-order valence-corrected chi connectivity index (χ4v) is 2.15. The minimum Gasteiger partial charge on any atom is -0.346 e. The highest BCUT2D eigenvalue weighted by Crippen LogP contribution is 2.16. The van der Waals surface area contributed by atoms with Gasteiger partial charge in [0.2, 0.25) is 5.91 Å². The summed E-state index contributed by atoms with van der Waals surface area (Å²) in [5, 5.41) is 3.39. The summed E-state index contributed by atoms with van der Waals surface area (Å²) in [7, 11) is 1.91. The SMILES string of the molecule is CCCN(C)C(=O)CCC1CCCNC1. The van der Waals surface area contributed by atoms with Gasteiger partial charge in [0.25, 0.3) is 0 Å². The molecule has 0 aromatic carbocycles. The number of piperidine rings is 1. The average molecular weight is 212 g/mol. The summed E-state index contributed by atoms with van der Waals surface area (Å²) in [6.45, 7) is 5.25. The monoisotopic (exact) mass is 212 g/mol. The van der Waals surface area contributed by atoms with Crippen molar-refractivity contribution in [3.05, 3.63) is 0 Å². The first kappa shape index (κ1) is 12.5. The fraction of sp³-hybridized carbons (Fsp3) is 0.917. The highest BCUT2D eigenvalue weighted by molar-refractivity contribution is 5.75. The average Bonchev–Trinajstić information content (AvgIpc) is 2.27. The molecule has 1 rings (SSSR count). The van der Waals surface area contributed by atoms with Gasteiger partial charge < -0.3 is 10.2 Å². The van der Waals surface area contributed by atoms with Crippen molar-refractivity contribution in [2.45, 2.75) is 39.0 Å². The zero-order chi connectivity index (χ0) is 11.1. The molecule has 88 valence electrons. The predicted octanol–water partition coefficient (Wildman–Crippen LogP) is 1.63. The Morgan fingerprint density at radius 1 is 1.53 bits per heavy atom. The van der Waals surface area contributed by atoms with Crippen molar-refractivity contribution in [1.29, 1.82) is 0 Å². The predicted molar refractivity (Wildman–Crippen MR) is 62.8 cm³/mol. The summed E-state index contributed by atoms with van der Waals surface area (Å²) < 4.78 is 0. The normalized spacial score (nSPS) is 21.3. The number of rotatable bonds is 5. The van der Waals surface area contributed by atoms with Crippen LogP contribution in [0.2, 0.25) is 0 Å². The maximum Gasteiger partial charge on any atom is 0.222 e. The maximum absolute atomic E-state index is 11.7. The quantitative estimate of drug-likeness (QED) is 0.751. The van der Waals surface area contributed by atoms with Crippen molar-refractivity contribution >= 4 is 5.91 Å². The van der Waals surface area contributed by atoms with Crippen molar-refractivity contribution in [1.82, 2.24) is 10.2 Å². The number of carbonyl (C=O) groups excluding carboxylic acids is 1. The third-order valence-corrected chi connectivity index (χ3v) is 3.15. The highest BCUT2D eigenvalue weighted by atomic mass is 16.2. The van der Waals surface area contributed by atoms with Crippen molar-refractivity contribution in [3.63, 3.8) is 0 Å². The summed E-state index contributed by atoms with van der Waals surface area (Å²) in [5.74, 6) is 1.03. The molecular weight excluding hydrogens is 188 g/mol. The summed E-state index contributed by atoms with van der Waals surface area (Å²) in [6, 6.07) is 0. The van der Waals surface area contributed by atoms with Crippen LogP contribution < -0.4 is 5.32 Å².